The SMILES string of the molecule is C[C@@H](C(=O)Nc1ccccc1)[NH+]1CCN(S(=O)(=O)c2ccc3c(c2)CCCC3)CC1. The minimum atomic E-state index is -3.49. The number of rotatable bonds is 5. The van der Waals surface area contributed by atoms with Crippen LogP contribution in [0.25, 0.3) is 0 Å². The van der Waals surface area contributed by atoms with E-state index in [1.165, 1.54) is 17.5 Å². The van der Waals surface area contributed by atoms with Crippen LogP contribution in [0.15, 0.2) is 53.4 Å². The summed E-state index contributed by atoms with van der Waals surface area (Å²) in [4.78, 5) is 14.1. The van der Waals surface area contributed by atoms with Crippen LogP contribution >= 0.6 is 0 Å². The third-order valence-corrected chi connectivity index (χ3v) is 8.26. The number of carbonyl (C=O) groups excluding carboxylic acids is 1. The lowest BCUT2D eigenvalue weighted by atomic mass is 9.92. The molecule has 1 amide bonds. The number of hydrogen-bond donors (Lipinski definition) is 2. The van der Waals surface area contributed by atoms with Gasteiger partial charge in [-0.2, -0.15) is 4.31 Å². The van der Waals surface area contributed by atoms with Gasteiger partial charge in [-0.15, -0.1) is 0 Å². The molecule has 1 atom stereocenters. The Morgan fingerprint density at radius 3 is 2.37 bits per heavy atom. The average Bonchev–Trinajstić information content (AvgIpc) is 2.79. The first-order valence-corrected chi connectivity index (χ1v) is 12.2. The van der Waals surface area contributed by atoms with Crippen LogP contribution in [0.5, 0.6) is 0 Å². The zero-order chi connectivity index (χ0) is 21.1. The van der Waals surface area contributed by atoms with Gasteiger partial charge in [-0.25, -0.2) is 8.42 Å². The van der Waals surface area contributed by atoms with Crippen LogP contribution in [0.4, 0.5) is 5.69 Å². The highest BCUT2D eigenvalue weighted by molar-refractivity contribution is 7.89. The van der Waals surface area contributed by atoms with Gasteiger partial charge in [0, 0.05) is 5.69 Å². The standard InChI is InChI=1S/C23H29N3O3S/c1-18(23(27)24-21-9-3-2-4-10-21)25-13-15-26(16-14-25)30(28,29)22-12-11-19-7-5-6-8-20(19)17-22/h2-4,9-12,17-18H,5-8,13-16H2,1H3,(H,24,27)/p+1/t18-/m0/s1. The molecular formula is C23H30N3O3S+. The number of hydrogen-bond acceptors (Lipinski definition) is 3. The highest BCUT2D eigenvalue weighted by Gasteiger charge is 2.34. The highest BCUT2D eigenvalue weighted by Crippen LogP contribution is 2.25. The molecule has 2 aromatic carbocycles. The number of anilines is 1. The van der Waals surface area contributed by atoms with E-state index in [0.717, 1.165) is 29.8 Å². The van der Waals surface area contributed by atoms with Crippen molar-refractivity contribution in [1.82, 2.24) is 4.31 Å². The van der Waals surface area contributed by atoms with Crippen molar-refractivity contribution in [2.45, 2.75) is 43.5 Å². The molecule has 2 aliphatic rings. The molecule has 1 saturated heterocycles. The van der Waals surface area contributed by atoms with Gasteiger partial charge in [-0.3, -0.25) is 4.79 Å². The summed E-state index contributed by atoms with van der Waals surface area (Å²) in [6.45, 7) is 4.00. The first-order chi connectivity index (χ1) is 14.4. The molecule has 0 saturated carbocycles. The van der Waals surface area contributed by atoms with Gasteiger partial charge in [0.05, 0.1) is 31.1 Å². The number of nitrogens with one attached hydrogen (secondary N) is 2. The number of fused-ring (bicyclic) bond motifs is 1. The van der Waals surface area contributed by atoms with Gasteiger partial charge in [0.25, 0.3) is 5.91 Å². The number of piperazine rings is 1. The van der Waals surface area contributed by atoms with Crippen molar-refractivity contribution in [2.24, 2.45) is 0 Å². The first kappa shape index (κ1) is 21.0. The summed E-state index contributed by atoms with van der Waals surface area (Å²) in [5.41, 5.74) is 3.24. The largest absolute Gasteiger partial charge is 0.323 e. The second kappa shape index (κ2) is 8.88. The fourth-order valence-electron chi connectivity index (χ4n) is 4.42. The Bertz CT molecular complexity index is 1000. The normalized spacial score (nSPS) is 19.1. The van der Waals surface area contributed by atoms with Crippen molar-refractivity contribution in [3.8, 4) is 0 Å². The van der Waals surface area contributed by atoms with E-state index in [1.807, 2.05) is 49.4 Å². The maximum absolute atomic E-state index is 13.2. The Labute approximate surface area is 178 Å². The number of amides is 1. The average molecular weight is 429 g/mol. The molecule has 0 bridgehead atoms. The van der Waals surface area contributed by atoms with E-state index in [1.54, 1.807) is 10.4 Å². The minimum absolute atomic E-state index is 0.0396. The van der Waals surface area contributed by atoms with Crippen molar-refractivity contribution in [3.05, 3.63) is 59.7 Å². The lowest BCUT2D eigenvalue weighted by Crippen LogP contribution is -3.19. The second-order valence-corrected chi connectivity index (χ2v) is 10.2. The van der Waals surface area contributed by atoms with E-state index < -0.39 is 10.0 Å². The molecule has 1 fully saturated rings. The Morgan fingerprint density at radius 1 is 1.00 bits per heavy atom. The molecule has 2 N–H and O–H groups in total. The Hall–Kier alpha value is -2.22. The molecule has 2 aromatic rings. The molecule has 160 valence electrons. The summed E-state index contributed by atoms with van der Waals surface area (Å²) >= 11 is 0. The van der Waals surface area contributed by atoms with E-state index in [0.29, 0.717) is 31.1 Å². The predicted octanol–water partition coefficient (Wildman–Crippen LogP) is 1.48. The third kappa shape index (κ3) is 4.43. The van der Waals surface area contributed by atoms with Crippen LogP contribution in [-0.2, 0) is 27.7 Å². The summed E-state index contributed by atoms with van der Waals surface area (Å²) in [6.07, 6.45) is 4.31. The summed E-state index contributed by atoms with van der Waals surface area (Å²) < 4.78 is 27.9. The van der Waals surface area contributed by atoms with Crippen molar-refractivity contribution in [1.29, 1.82) is 0 Å². The monoisotopic (exact) mass is 428 g/mol. The molecule has 1 aliphatic carbocycles. The minimum Gasteiger partial charge on any atom is -0.323 e. The van der Waals surface area contributed by atoms with Crippen LogP contribution in [0.3, 0.4) is 0 Å². The lowest BCUT2D eigenvalue weighted by molar-refractivity contribution is -0.917. The Morgan fingerprint density at radius 2 is 1.67 bits per heavy atom. The molecule has 4 rings (SSSR count). The molecule has 0 spiro atoms. The van der Waals surface area contributed by atoms with Gasteiger partial charge in [0.2, 0.25) is 10.0 Å². The fraction of sp³-hybridized carbons (Fsp3) is 0.435. The van der Waals surface area contributed by atoms with Crippen LogP contribution in [0.1, 0.15) is 30.9 Å². The van der Waals surface area contributed by atoms with Gasteiger partial charge in [0.15, 0.2) is 6.04 Å². The van der Waals surface area contributed by atoms with E-state index in [9.17, 15) is 13.2 Å². The maximum Gasteiger partial charge on any atom is 0.282 e. The lowest BCUT2D eigenvalue weighted by Gasteiger charge is -2.34. The summed E-state index contributed by atoms with van der Waals surface area (Å²) in [5.74, 6) is -0.0396. The molecule has 7 heteroatoms. The van der Waals surface area contributed by atoms with Gasteiger partial charge in [-0.1, -0.05) is 24.3 Å². The van der Waals surface area contributed by atoms with E-state index in [-0.39, 0.29) is 11.9 Å². The smallest absolute Gasteiger partial charge is 0.282 e. The summed E-state index contributed by atoms with van der Waals surface area (Å²) in [5, 5.41) is 2.94. The third-order valence-electron chi connectivity index (χ3n) is 6.37. The molecule has 0 aromatic heterocycles. The number of nitrogens with zero attached hydrogens (tertiary/aromatic N) is 1. The van der Waals surface area contributed by atoms with Gasteiger partial charge < -0.3 is 10.2 Å². The maximum atomic E-state index is 13.2. The quantitative estimate of drug-likeness (QED) is 0.758. The Balaban J connectivity index is 1.38. The Kier molecular flexibility index (Phi) is 6.22. The molecule has 0 radical (unpaired) electrons. The van der Waals surface area contributed by atoms with Crippen molar-refractivity contribution >= 4 is 21.6 Å². The summed E-state index contributed by atoms with van der Waals surface area (Å²) in [6, 6.07) is 14.8. The van der Waals surface area contributed by atoms with Crippen molar-refractivity contribution < 1.29 is 18.1 Å². The van der Waals surface area contributed by atoms with E-state index in [2.05, 4.69) is 5.32 Å². The highest BCUT2D eigenvalue weighted by atomic mass is 32.2. The van der Waals surface area contributed by atoms with Gasteiger partial charge in [-0.05, 0) is 68.0 Å². The van der Waals surface area contributed by atoms with Gasteiger partial charge in [0.1, 0.15) is 0 Å². The number of sulfonamides is 1. The second-order valence-electron chi connectivity index (χ2n) is 8.28. The molecule has 1 heterocycles. The van der Waals surface area contributed by atoms with Gasteiger partial charge >= 0.3 is 0 Å². The van der Waals surface area contributed by atoms with E-state index >= 15 is 0 Å². The van der Waals surface area contributed by atoms with Crippen molar-refractivity contribution in [2.75, 3.05) is 31.5 Å². The predicted molar refractivity (Wildman–Crippen MR) is 117 cm³/mol. The fourth-order valence-corrected chi connectivity index (χ4v) is 5.92. The molecule has 6 nitrogen and oxygen atoms in total. The molecule has 1 aliphatic heterocycles. The first-order valence-electron chi connectivity index (χ1n) is 10.8. The van der Waals surface area contributed by atoms with Crippen LogP contribution in [0, 0.1) is 0 Å². The van der Waals surface area contributed by atoms with Crippen LogP contribution < -0.4 is 10.2 Å². The molecule has 30 heavy (non-hydrogen) atoms. The van der Waals surface area contributed by atoms with Crippen LogP contribution in [0.2, 0.25) is 0 Å². The van der Waals surface area contributed by atoms with Crippen LogP contribution in [-0.4, -0.2) is 50.9 Å². The zero-order valence-electron chi connectivity index (χ0n) is 17.4. The number of carbonyl (C=O) groups is 1. The number of aryl methyl sites for hydroxylation is 2. The summed E-state index contributed by atoms with van der Waals surface area (Å²) in [7, 11) is -3.49. The number of quaternary nitrogens is 1. The number of benzene rings is 2. The number of para-hydroxylation sites is 1. The van der Waals surface area contributed by atoms with E-state index in [4.69, 9.17) is 0 Å². The molecular weight excluding hydrogens is 398 g/mol. The topological polar surface area (TPSA) is 70.9 Å². The zero-order valence-corrected chi connectivity index (χ0v) is 18.2. The van der Waals surface area contributed by atoms with Crippen molar-refractivity contribution in [3.63, 3.8) is 0 Å². The molecule has 0 unspecified atom stereocenters.